The highest BCUT2D eigenvalue weighted by Gasteiger charge is 2.23. The van der Waals surface area contributed by atoms with E-state index in [4.69, 9.17) is 9.47 Å². The SMILES string of the molecule is CCOC(CN1CCN(c2ccccc2OC)CC1)c1ccccn1.Cl.O. The van der Waals surface area contributed by atoms with Gasteiger partial charge in [0.05, 0.1) is 18.5 Å². The van der Waals surface area contributed by atoms with E-state index in [1.54, 1.807) is 7.11 Å². The normalized spacial score (nSPS) is 15.4. The van der Waals surface area contributed by atoms with Crippen LogP contribution in [0.1, 0.15) is 18.7 Å². The van der Waals surface area contributed by atoms with Crippen LogP contribution in [0.3, 0.4) is 0 Å². The van der Waals surface area contributed by atoms with Crippen molar-refractivity contribution in [3.63, 3.8) is 0 Å². The average Bonchev–Trinajstić information content (AvgIpc) is 2.69. The second kappa shape index (κ2) is 11.8. The van der Waals surface area contributed by atoms with Gasteiger partial charge in [-0.2, -0.15) is 0 Å². The van der Waals surface area contributed by atoms with E-state index in [0.717, 1.165) is 44.2 Å². The molecule has 7 heteroatoms. The Balaban J connectivity index is 0.00000182. The third-order valence-electron chi connectivity index (χ3n) is 4.61. The van der Waals surface area contributed by atoms with E-state index in [2.05, 4.69) is 26.9 Å². The van der Waals surface area contributed by atoms with Crippen LogP contribution in [0, 0.1) is 0 Å². The monoisotopic (exact) mass is 395 g/mol. The van der Waals surface area contributed by atoms with Crippen LogP contribution in [-0.4, -0.2) is 61.8 Å². The van der Waals surface area contributed by atoms with Crippen molar-refractivity contribution in [1.29, 1.82) is 0 Å². The summed E-state index contributed by atoms with van der Waals surface area (Å²) in [6.07, 6.45) is 1.87. The van der Waals surface area contributed by atoms with Crippen molar-refractivity contribution in [3.05, 3.63) is 54.4 Å². The van der Waals surface area contributed by atoms with Gasteiger partial charge in [0.1, 0.15) is 11.9 Å². The van der Waals surface area contributed by atoms with E-state index < -0.39 is 0 Å². The summed E-state index contributed by atoms with van der Waals surface area (Å²) in [4.78, 5) is 9.32. The van der Waals surface area contributed by atoms with Crippen LogP contribution in [-0.2, 0) is 4.74 Å². The number of benzene rings is 1. The predicted octanol–water partition coefficient (Wildman–Crippen LogP) is 2.59. The standard InChI is InChI=1S/C20H27N3O2.ClH.H2O/c1-3-25-20(17-8-6-7-11-21-17)16-22-12-14-23(15-13-22)18-9-4-5-10-19(18)24-2;;/h4-11,20H,3,12-16H2,1-2H3;1H;1H2. The first-order valence-electron chi connectivity index (χ1n) is 8.94. The number of hydrogen-bond acceptors (Lipinski definition) is 5. The smallest absolute Gasteiger partial charge is 0.142 e. The van der Waals surface area contributed by atoms with Gasteiger partial charge >= 0.3 is 0 Å². The maximum atomic E-state index is 5.94. The van der Waals surface area contributed by atoms with Gasteiger partial charge in [-0.1, -0.05) is 18.2 Å². The molecule has 1 saturated heterocycles. The van der Waals surface area contributed by atoms with Crippen molar-refractivity contribution in [2.24, 2.45) is 0 Å². The number of nitrogens with zero attached hydrogens (tertiary/aromatic N) is 3. The molecule has 3 rings (SSSR count). The number of rotatable bonds is 7. The molecule has 6 nitrogen and oxygen atoms in total. The summed E-state index contributed by atoms with van der Waals surface area (Å²) >= 11 is 0. The van der Waals surface area contributed by atoms with Crippen LogP contribution >= 0.6 is 12.4 Å². The lowest BCUT2D eigenvalue weighted by molar-refractivity contribution is 0.0284. The largest absolute Gasteiger partial charge is 0.495 e. The molecule has 0 spiro atoms. The van der Waals surface area contributed by atoms with Gasteiger partial charge in [0.25, 0.3) is 0 Å². The summed E-state index contributed by atoms with van der Waals surface area (Å²) in [5.41, 5.74) is 2.19. The van der Waals surface area contributed by atoms with Gasteiger partial charge in [0, 0.05) is 45.5 Å². The van der Waals surface area contributed by atoms with Crippen molar-refractivity contribution >= 4 is 18.1 Å². The lowest BCUT2D eigenvalue weighted by atomic mass is 10.2. The van der Waals surface area contributed by atoms with Gasteiger partial charge in [-0.15, -0.1) is 12.4 Å². The first-order valence-corrected chi connectivity index (χ1v) is 8.94. The molecule has 0 bridgehead atoms. The van der Waals surface area contributed by atoms with E-state index in [-0.39, 0.29) is 24.0 Å². The number of aromatic nitrogens is 1. The fraction of sp³-hybridized carbons (Fsp3) is 0.450. The van der Waals surface area contributed by atoms with Crippen molar-refractivity contribution in [2.75, 3.05) is 51.3 Å². The number of piperazine rings is 1. The van der Waals surface area contributed by atoms with Crippen LogP contribution in [0.25, 0.3) is 0 Å². The van der Waals surface area contributed by atoms with E-state index in [1.807, 2.05) is 43.5 Å². The number of methoxy groups -OCH3 is 1. The van der Waals surface area contributed by atoms with Crippen molar-refractivity contribution in [2.45, 2.75) is 13.0 Å². The number of para-hydroxylation sites is 2. The zero-order valence-electron chi connectivity index (χ0n) is 16.0. The van der Waals surface area contributed by atoms with Crippen molar-refractivity contribution in [1.82, 2.24) is 9.88 Å². The van der Waals surface area contributed by atoms with Crippen LogP contribution < -0.4 is 9.64 Å². The van der Waals surface area contributed by atoms with E-state index in [0.29, 0.717) is 6.61 Å². The van der Waals surface area contributed by atoms with Gasteiger partial charge < -0.3 is 19.8 Å². The fourth-order valence-electron chi connectivity index (χ4n) is 3.30. The average molecular weight is 396 g/mol. The van der Waals surface area contributed by atoms with Crippen LogP contribution in [0.2, 0.25) is 0 Å². The number of pyridine rings is 1. The zero-order valence-corrected chi connectivity index (χ0v) is 16.8. The highest BCUT2D eigenvalue weighted by Crippen LogP contribution is 2.28. The fourth-order valence-corrected chi connectivity index (χ4v) is 3.30. The highest BCUT2D eigenvalue weighted by atomic mass is 35.5. The highest BCUT2D eigenvalue weighted by molar-refractivity contribution is 5.85. The van der Waals surface area contributed by atoms with Crippen molar-refractivity contribution in [3.8, 4) is 5.75 Å². The third kappa shape index (κ3) is 6.07. The second-order valence-electron chi connectivity index (χ2n) is 6.16. The quantitative estimate of drug-likeness (QED) is 0.720. The number of hydrogen-bond donors (Lipinski definition) is 0. The molecule has 0 amide bonds. The molecule has 1 atom stereocenters. The molecular formula is C20H30ClN3O3. The maximum Gasteiger partial charge on any atom is 0.142 e. The summed E-state index contributed by atoms with van der Waals surface area (Å²) in [6.45, 7) is 7.61. The minimum absolute atomic E-state index is 0. The lowest BCUT2D eigenvalue weighted by Crippen LogP contribution is -2.47. The van der Waals surface area contributed by atoms with Gasteiger partial charge in [-0.3, -0.25) is 9.88 Å². The molecule has 2 heterocycles. The summed E-state index contributed by atoms with van der Waals surface area (Å²) < 4.78 is 11.4. The van der Waals surface area contributed by atoms with Crippen LogP contribution in [0.4, 0.5) is 5.69 Å². The molecule has 0 radical (unpaired) electrons. The summed E-state index contributed by atoms with van der Waals surface area (Å²) in [5, 5.41) is 0. The maximum absolute atomic E-state index is 5.94. The molecular weight excluding hydrogens is 366 g/mol. The van der Waals surface area contributed by atoms with Gasteiger partial charge in [-0.25, -0.2) is 0 Å². The molecule has 1 aromatic carbocycles. The number of anilines is 1. The molecule has 1 unspecified atom stereocenters. The van der Waals surface area contributed by atoms with Gasteiger partial charge in [0.15, 0.2) is 0 Å². The molecule has 150 valence electrons. The Morgan fingerprint density at radius 1 is 1.04 bits per heavy atom. The first-order chi connectivity index (χ1) is 12.3. The lowest BCUT2D eigenvalue weighted by Gasteiger charge is -2.37. The Labute approximate surface area is 167 Å². The van der Waals surface area contributed by atoms with Gasteiger partial charge in [-0.05, 0) is 31.2 Å². The summed E-state index contributed by atoms with van der Waals surface area (Å²) in [7, 11) is 1.73. The van der Waals surface area contributed by atoms with E-state index in [9.17, 15) is 0 Å². The van der Waals surface area contributed by atoms with Crippen molar-refractivity contribution < 1.29 is 14.9 Å². The Bertz CT molecular complexity index is 652. The van der Waals surface area contributed by atoms with E-state index in [1.165, 1.54) is 5.69 Å². The zero-order chi connectivity index (χ0) is 17.5. The summed E-state index contributed by atoms with van der Waals surface area (Å²) in [5.74, 6) is 0.941. The summed E-state index contributed by atoms with van der Waals surface area (Å²) in [6, 6.07) is 14.2. The minimum atomic E-state index is 0. The minimum Gasteiger partial charge on any atom is -0.495 e. The third-order valence-corrected chi connectivity index (χ3v) is 4.61. The number of halogens is 1. The second-order valence-corrected chi connectivity index (χ2v) is 6.16. The Kier molecular flexibility index (Phi) is 10.1. The Morgan fingerprint density at radius 2 is 1.74 bits per heavy atom. The van der Waals surface area contributed by atoms with Crippen LogP contribution in [0.15, 0.2) is 48.7 Å². The Morgan fingerprint density at radius 3 is 2.37 bits per heavy atom. The molecule has 1 aliphatic heterocycles. The molecule has 2 N–H and O–H groups in total. The predicted molar refractivity (Wildman–Crippen MR) is 111 cm³/mol. The van der Waals surface area contributed by atoms with Gasteiger partial charge in [0.2, 0.25) is 0 Å². The first kappa shape index (κ1) is 23.2. The Hall–Kier alpha value is -1.86. The number of ether oxygens (including phenoxy) is 2. The molecule has 0 saturated carbocycles. The molecule has 1 aliphatic rings. The molecule has 2 aromatic rings. The molecule has 1 aromatic heterocycles. The molecule has 1 fully saturated rings. The van der Waals surface area contributed by atoms with E-state index >= 15 is 0 Å². The molecule has 0 aliphatic carbocycles. The molecule has 27 heavy (non-hydrogen) atoms. The topological polar surface area (TPSA) is 69.3 Å². The van der Waals surface area contributed by atoms with Crippen LogP contribution in [0.5, 0.6) is 5.75 Å².